The first kappa shape index (κ1) is 74.0. The van der Waals surface area contributed by atoms with Gasteiger partial charge in [-0.3, -0.25) is 19.2 Å². The standard InChI is InChI=1S/2C26H29NO4.C18H22BrNO2.C15H21BO3/c2*1-17-4-5-20(25(29)30)15-21(17)18-6-8-19(9-7-18)22-16-26(22)10-12-27(13-11-26)24(28)23-3-2-14-31-23;19-14-5-3-13(4-6-14)15-12-18(15)7-9-20(10-8-18)17(21)16-2-1-11-22-16;1-10-7-8-12(11(2)17)9-13(10)16-18-14(3,4)15(5,6)19-16/h2*4-9,15,22-23H,2-3,10-14,16H2,1H3,(H,29,30);3-6,15-16H,1-2,7-12H2;7-9H,1-6H3/t22-,23+;22-,23-;15?,16-;/m011./s1. The number of aromatic carboxylic acids is 2. The molecule has 3 saturated carbocycles. The van der Waals surface area contributed by atoms with Crippen molar-refractivity contribution in [1.82, 2.24) is 14.7 Å². The van der Waals surface area contributed by atoms with E-state index in [1.54, 1.807) is 31.2 Å². The summed E-state index contributed by atoms with van der Waals surface area (Å²) in [7, 11) is -0.413. The number of nitrogens with zero attached hydrogens (tertiary/aromatic N) is 3. The lowest BCUT2D eigenvalue weighted by Gasteiger charge is -2.34. The number of benzene rings is 6. The highest BCUT2D eigenvalue weighted by Gasteiger charge is 2.59. The van der Waals surface area contributed by atoms with Crippen molar-refractivity contribution >= 4 is 64.0 Å². The average Bonchev–Trinajstić information content (AvgIpc) is 1.59. The van der Waals surface area contributed by atoms with Crippen LogP contribution in [0.4, 0.5) is 0 Å². The van der Waals surface area contributed by atoms with Crippen LogP contribution in [-0.2, 0) is 37.9 Å². The van der Waals surface area contributed by atoms with E-state index in [9.17, 15) is 39.0 Å². The molecule has 6 atom stereocenters. The summed E-state index contributed by atoms with van der Waals surface area (Å²) in [5.41, 5.74) is 14.1. The Hall–Kier alpha value is -7.32. The van der Waals surface area contributed by atoms with Crippen molar-refractivity contribution in [2.45, 2.75) is 199 Å². The van der Waals surface area contributed by atoms with Crippen molar-refractivity contribution in [3.05, 3.63) is 182 Å². The van der Waals surface area contributed by atoms with Gasteiger partial charge in [-0.2, -0.15) is 0 Å². The third-order valence-electron chi connectivity index (χ3n) is 25.1. The van der Waals surface area contributed by atoms with E-state index in [0.717, 1.165) is 172 Å². The van der Waals surface area contributed by atoms with E-state index in [2.05, 4.69) is 88.7 Å². The second-order valence-corrected chi connectivity index (χ2v) is 32.9. The summed E-state index contributed by atoms with van der Waals surface area (Å²) in [6.07, 6.45) is 15.3. The molecule has 3 spiro atoms. The molecule has 16 rings (SSSR count). The van der Waals surface area contributed by atoms with Crippen molar-refractivity contribution in [3.8, 4) is 22.3 Å². The van der Waals surface area contributed by atoms with Crippen LogP contribution >= 0.6 is 15.9 Å². The summed E-state index contributed by atoms with van der Waals surface area (Å²) in [5.74, 6) is 0.678. The SMILES string of the molecule is CC(=O)c1ccc(C)c(B2OC(C)(C)C(C)(C)O2)c1.Cc1ccc(C(=O)O)cc1-c1ccc([C@@H]2CC23CCN(C(=O)[C@H]2CCCO2)CC3)cc1.Cc1ccc(C(=O)O)cc1-c1ccc([C@H]2CC23CCN(C(=O)[C@H]2CCCO2)CC3)cc1.O=C([C@H]1CCCO1)N1CCC2(CC1)CC2c1ccc(Br)cc1. The molecule has 7 aliphatic heterocycles. The first-order chi connectivity index (χ1) is 49.2. The highest BCUT2D eigenvalue weighted by Crippen LogP contribution is 2.67. The van der Waals surface area contributed by atoms with Crippen molar-refractivity contribution in [3.63, 3.8) is 0 Å². The number of ether oxygens (including phenoxy) is 3. The monoisotopic (exact) mass is 1460 g/mol. The number of aryl methyl sites for hydroxylation is 3. The number of piperidine rings is 3. The lowest BCUT2D eigenvalue weighted by atomic mass is 9.75. The minimum Gasteiger partial charge on any atom is -0.478 e. The molecule has 16 nitrogen and oxygen atoms in total. The first-order valence-corrected chi connectivity index (χ1v) is 38.4. The molecule has 6 aromatic carbocycles. The Balaban J connectivity index is 0.000000125. The zero-order valence-corrected chi connectivity index (χ0v) is 62.8. The maximum atomic E-state index is 12.6. The number of ketones is 1. The van der Waals surface area contributed by atoms with Gasteiger partial charge in [-0.05, 0) is 278 Å². The van der Waals surface area contributed by atoms with Gasteiger partial charge in [0.05, 0.1) is 22.3 Å². The molecule has 544 valence electrons. The molecule has 7 heterocycles. The number of hydrogen-bond acceptors (Lipinski definition) is 11. The maximum Gasteiger partial charge on any atom is 0.495 e. The van der Waals surface area contributed by atoms with Crippen LogP contribution in [0.25, 0.3) is 22.3 Å². The molecule has 6 aromatic rings. The van der Waals surface area contributed by atoms with E-state index in [4.69, 9.17) is 23.5 Å². The zero-order valence-electron chi connectivity index (χ0n) is 61.2. The number of amides is 3. The Kier molecular flexibility index (Phi) is 21.7. The maximum absolute atomic E-state index is 12.6. The van der Waals surface area contributed by atoms with Crippen LogP contribution in [0.2, 0.25) is 0 Å². The molecule has 7 saturated heterocycles. The number of hydrogen-bond donors (Lipinski definition) is 2. The number of carbonyl (C=O) groups is 6. The van der Waals surface area contributed by atoms with Gasteiger partial charge in [0.25, 0.3) is 17.7 Å². The zero-order chi connectivity index (χ0) is 72.8. The van der Waals surface area contributed by atoms with Gasteiger partial charge in [0.2, 0.25) is 0 Å². The smallest absolute Gasteiger partial charge is 0.478 e. The molecule has 0 bridgehead atoms. The van der Waals surface area contributed by atoms with Crippen LogP contribution < -0.4 is 5.46 Å². The Morgan fingerprint density at radius 2 is 0.757 bits per heavy atom. The number of likely N-dealkylation sites (tertiary alicyclic amines) is 3. The minimum atomic E-state index is -0.901. The highest BCUT2D eigenvalue weighted by molar-refractivity contribution is 9.10. The molecule has 18 heteroatoms. The summed E-state index contributed by atoms with van der Waals surface area (Å²) in [4.78, 5) is 77.9. The van der Waals surface area contributed by atoms with E-state index in [0.29, 0.717) is 63.9 Å². The van der Waals surface area contributed by atoms with E-state index in [1.807, 2.05) is 93.5 Å². The fourth-order valence-corrected chi connectivity index (χ4v) is 17.5. The molecule has 1 unspecified atom stereocenters. The van der Waals surface area contributed by atoms with Gasteiger partial charge in [-0.15, -0.1) is 0 Å². The number of carboxylic acid groups (broad SMARTS) is 2. The number of carbonyl (C=O) groups excluding carboxylic acids is 4. The summed E-state index contributed by atoms with van der Waals surface area (Å²) >= 11 is 3.50. The van der Waals surface area contributed by atoms with Crippen LogP contribution in [0.3, 0.4) is 0 Å². The number of rotatable bonds is 12. The highest BCUT2D eigenvalue weighted by atomic mass is 79.9. The third kappa shape index (κ3) is 16.1. The number of Topliss-reactive ketones (excluding diaryl/α,β-unsaturated/α-hetero) is 1. The average molecular weight is 1460 g/mol. The summed E-state index contributed by atoms with van der Waals surface area (Å²) in [5, 5.41) is 18.6. The van der Waals surface area contributed by atoms with Crippen molar-refractivity contribution in [2.75, 3.05) is 59.1 Å². The minimum absolute atomic E-state index is 0.0535. The van der Waals surface area contributed by atoms with Crippen LogP contribution in [-0.4, -0.2) is 156 Å². The fraction of sp³-hybridized carbons (Fsp3) is 0.506. The molecule has 10 fully saturated rings. The molecule has 3 amide bonds. The molecular weight excluding hydrogens is 1360 g/mol. The van der Waals surface area contributed by atoms with Crippen LogP contribution in [0.15, 0.2) is 132 Å². The van der Waals surface area contributed by atoms with Gasteiger partial charge in [-0.25, -0.2) is 9.59 Å². The number of halogens is 1. The predicted octanol–water partition coefficient (Wildman–Crippen LogP) is 15.5. The quantitative estimate of drug-likeness (QED) is 0.0867. The Bertz CT molecular complexity index is 3930. The normalized spacial score (nSPS) is 24.8. The van der Waals surface area contributed by atoms with Gasteiger partial charge in [0.1, 0.15) is 18.3 Å². The fourth-order valence-electron chi connectivity index (χ4n) is 17.3. The lowest BCUT2D eigenvalue weighted by molar-refractivity contribution is -0.143. The van der Waals surface area contributed by atoms with Gasteiger partial charge in [0.15, 0.2) is 5.78 Å². The Labute approximate surface area is 616 Å². The van der Waals surface area contributed by atoms with Crippen LogP contribution in [0.5, 0.6) is 0 Å². The van der Waals surface area contributed by atoms with E-state index in [1.165, 1.54) is 36.0 Å². The Morgan fingerprint density at radius 3 is 1.07 bits per heavy atom. The topological polar surface area (TPSA) is 199 Å². The predicted molar refractivity (Wildman–Crippen MR) is 402 cm³/mol. The van der Waals surface area contributed by atoms with Gasteiger partial charge >= 0.3 is 19.1 Å². The Morgan fingerprint density at radius 1 is 0.437 bits per heavy atom. The summed E-state index contributed by atoms with van der Waals surface area (Å²) < 4.78 is 29.9. The molecule has 0 aromatic heterocycles. The molecule has 2 N–H and O–H groups in total. The lowest BCUT2D eigenvalue weighted by Crippen LogP contribution is -2.44. The van der Waals surface area contributed by atoms with E-state index >= 15 is 0 Å². The third-order valence-corrected chi connectivity index (χ3v) is 25.6. The second kappa shape index (κ2) is 30.3. The molecular formula is C85H101BBrN3O13. The summed E-state index contributed by atoms with van der Waals surface area (Å²) in [6, 6.07) is 42.2. The van der Waals surface area contributed by atoms with Gasteiger partial charge < -0.3 is 48.4 Å². The van der Waals surface area contributed by atoms with E-state index < -0.39 is 19.1 Å². The second-order valence-electron chi connectivity index (χ2n) is 32.0. The molecule has 10 aliphatic rings. The van der Waals surface area contributed by atoms with Crippen molar-refractivity contribution in [1.29, 1.82) is 0 Å². The van der Waals surface area contributed by atoms with Gasteiger partial charge in [-0.1, -0.05) is 112 Å². The van der Waals surface area contributed by atoms with Crippen molar-refractivity contribution in [2.24, 2.45) is 16.2 Å². The largest absolute Gasteiger partial charge is 0.495 e. The molecule has 103 heavy (non-hydrogen) atoms. The van der Waals surface area contributed by atoms with E-state index in [-0.39, 0.29) is 53.0 Å². The van der Waals surface area contributed by atoms with Crippen molar-refractivity contribution < 1.29 is 62.5 Å². The van der Waals surface area contributed by atoms with Crippen LogP contribution in [0, 0.1) is 37.0 Å². The summed E-state index contributed by atoms with van der Waals surface area (Å²) in [6.45, 7) is 23.1. The van der Waals surface area contributed by atoms with Crippen LogP contribution in [0.1, 0.15) is 213 Å². The molecule has 0 radical (unpaired) electrons. The number of carboxylic acids is 2. The first-order valence-electron chi connectivity index (χ1n) is 37.6. The molecule has 3 aliphatic carbocycles. The van der Waals surface area contributed by atoms with Gasteiger partial charge in [0, 0.05) is 69.1 Å².